The molecule has 0 unspecified atom stereocenters. The number of rotatable bonds is 6. The van der Waals surface area contributed by atoms with Gasteiger partial charge in [0.15, 0.2) is 0 Å². The third-order valence-corrected chi connectivity index (χ3v) is 4.23. The van der Waals surface area contributed by atoms with Crippen molar-refractivity contribution in [2.45, 2.75) is 13.8 Å². The summed E-state index contributed by atoms with van der Waals surface area (Å²) in [4.78, 5) is 28.2. The number of aromatic nitrogens is 2. The highest BCUT2D eigenvalue weighted by Gasteiger charge is 2.17. The summed E-state index contributed by atoms with van der Waals surface area (Å²) >= 11 is 0. The van der Waals surface area contributed by atoms with Crippen molar-refractivity contribution in [3.63, 3.8) is 0 Å². The Hall–Kier alpha value is -3.41. The lowest BCUT2D eigenvalue weighted by atomic mass is 10.2. The highest BCUT2D eigenvalue weighted by atomic mass is 16.5. The molecule has 1 aromatic carbocycles. The molecule has 138 valence electrons. The van der Waals surface area contributed by atoms with Crippen molar-refractivity contribution in [2.24, 2.45) is 0 Å². The minimum Gasteiger partial charge on any atom is -0.460 e. The minimum atomic E-state index is -0.400. The monoisotopic (exact) mass is 363 g/mol. The third kappa shape index (κ3) is 4.23. The van der Waals surface area contributed by atoms with Crippen LogP contribution in [0.25, 0.3) is 5.69 Å². The van der Waals surface area contributed by atoms with E-state index < -0.39 is 5.97 Å². The number of esters is 1. The van der Waals surface area contributed by atoms with E-state index in [1.165, 1.54) is 0 Å². The van der Waals surface area contributed by atoms with Gasteiger partial charge in [-0.1, -0.05) is 18.2 Å². The average molecular weight is 363 g/mol. The summed E-state index contributed by atoms with van der Waals surface area (Å²) in [7, 11) is 0. The Bertz CT molecular complexity index is 934. The number of hydrogen-bond donors (Lipinski definition) is 1. The van der Waals surface area contributed by atoms with Gasteiger partial charge in [0.2, 0.25) is 0 Å². The second-order valence-corrected chi connectivity index (χ2v) is 6.08. The van der Waals surface area contributed by atoms with Crippen molar-refractivity contribution in [1.29, 1.82) is 0 Å². The van der Waals surface area contributed by atoms with E-state index in [0.29, 0.717) is 11.1 Å². The van der Waals surface area contributed by atoms with Gasteiger partial charge in [-0.3, -0.25) is 9.78 Å². The minimum absolute atomic E-state index is 0.102. The zero-order valence-electron chi connectivity index (χ0n) is 15.3. The van der Waals surface area contributed by atoms with Crippen LogP contribution >= 0.6 is 0 Å². The lowest BCUT2D eigenvalue weighted by Gasteiger charge is -2.10. The van der Waals surface area contributed by atoms with Gasteiger partial charge in [-0.2, -0.15) is 0 Å². The van der Waals surface area contributed by atoms with Crippen molar-refractivity contribution in [3.05, 3.63) is 83.4 Å². The van der Waals surface area contributed by atoms with E-state index in [-0.39, 0.29) is 19.1 Å². The Labute approximate surface area is 157 Å². The summed E-state index contributed by atoms with van der Waals surface area (Å²) in [6, 6.07) is 14.9. The predicted molar refractivity (Wildman–Crippen MR) is 102 cm³/mol. The Kier molecular flexibility index (Phi) is 5.66. The normalized spacial score (nSPS) is 10.4. The van der Waals surface area contributed by atoms with E-state index in [1.54, 1.807) is 24.5 Å². The van der Waals surface area contributed by atoms with Crippen LogP contribution in [0, 0.1) is 13.8 Å². The largest absolute Gasteiger partial charge is 0.460 e. The molecule has 0 atom stereocenters. The quantitative estimate of drug-likeness (QED) is 0.540. The number of ether oxygens (including phenoxy) is 1. The van der Waals surface area contributed by atoms with Gasteiger partial charge < -0.3 is 14.6 Å². The molecule has 1 N–H and O–H groups in total. The smallest absolute Gasteiger partial charge is 0.340 e. The van der Waals surface area contributed by atoms with Gasteiger partial charge in [0.1, 0.15) is 6.61 Å². The standard InChI is InChI=1S/C21H21N3O3/c1-15-14-19(16(2)24(15)18-6-4-3-5-7-18)21(26)27-13-12-23-20(25)17-8-10-22-11-9-17/h3-11,14H,12-13H2,1-2H3,(H,23,25). The van der Waals surface area contributed by atoms with Gasteiger partial charge >= 0.3 is 5.97 Å². The molecule has 0 spiro atoms. The van der Waals surface area contributed by atoms with Crippen LogP contribution < -0.4 is 5.32 Å². The van der Waals surface area contributed by atoms with E-state index in [9.17, 15) is 9.59 Å². The highest BCUT2D eigenvalue weighted by Crippen LogP contribution is 2.21. The van der Waals surface area contributed by atoms with Crippen molar-refractivity contribution in [3.8, 4) is 5.69 Å². The second-order valence-electron chi connectivity index (χ2n) is 6.08. The highest BCUT2D eigenvalue weighted by molar-refractivity contribution is 5.94. The Morgan fingerprint density at radius 1 is 1.07 bits per heavy atom. The molecule has 2 heterocycles. The number of carbonyl (C=O) groups is 2. The lowest BCUT2D eigenvalue weighted by molar-refractivity contribution is 0.0502. The zero-order chi connectivity index (χ0) is 19.2. The summed E-state index contributed by atoms with van der Waals surface area (Å²) in [5, 5.41) is 2.71. The summed E-state index contributed by atoms with van der Waals surface area (Å²) in [5.74, 6) is -0.626. The molecule has 6 heteroatoms. The number of nitrogens with one attached hydrogen (secondary N) is 1. The van der Waals surface area contributed by atoms with E-state index in [0.717, 1.165) is 17.1 Å². The maximum atomic E-state index is 12.4. The molecule has 0 aliphatic heterocycles. The van der Waals surface area contributed by atoms with E-state index in [4.69, 9.17) is 4.74 Å². The van der Waals surface area contributed by atoms with Gasteiger partial charge in [-0.25, -0.2) is 4.79 Å². The molecule has 0 aliphatic rings. The number of benzene rings is 1. The maximum absolute atomic E-state index is 12.4. The van der Waals surface area contributed by atoms with E-state index in [1.807, 2.05) is 54.8 Å². The van der Waals surface area contributed by atoms with Gasteiger partial charge in [-0.15, -0.1) is 0 Å². The van der Waals surface area contributed by atoms with Crippen LogP contribution in [0.15, 0.2) is 60.9 Å². The molecule has 0 radical (unpaired) electrons. The molecule has 0 saturated carbocycles. The van der Waals surface area contributed by atoms with Gasteiger partial charge in [0.05, 0.1) is 12.1 Å². The molecule has 6 nitrogen and oxygen atoms in total. The number of pyridine rings is 1. The first kappa shape index (κ1) is 18.4. The van der Waals surface area contributed by atoms with Crippen molar-refractivity contribution < 1.29 is 14.3 Å². The molecule has 3 aromatic rings. The molecule has 1 amide bonds. The summed E-state index contributed by atoms with van der Waals surface area (Å²) in [6.45, 7) is 4.18. The van der Waals surface area contributed by atoms with Gasteiger partial charge in [-0.05, 0) is 44.2 Å². The third-order valence-electron chi connectivity index (χ3n) is 4.23. The van der Waals surface area contributed by atoms with E-state index in [2.05, 4.69) is 10.3 Å². The number of para-hydroxylation sites is 1. The molecule has 0 bridgehead atoms. The van der Waals surface area contributed by atoms with Crippen LogP contribution in [0.2, 0.25) is 0 Å². The van der Waals surface area contributed by atoms with Gasteiger partial charge in [0.25, 0.3) is 5.91 Å². The van der Waals surface area contributed by atoms with Crippen molar-refractivity contribution in [2.75, 3.05) is 13.2 Å². The molecule has 0 fully saturated rings. The molecule has 27 heavy (non-hydrogen) atoms. The Morgan fingerprint density at radius 3 is 2.48 bits per heavy atom. The van der Waals surface area contributed by atoms with Crippen LogP contribution in [-0.2, 0) is 4.74 Å². The molecule has 2 aromatic heterocycles. The number of hydrogen-bond acceptors (Lipinski definition) is 4. The van der Waals surface area contributed by atoms with Crippen molar-refractivity contribution in [1.82, 2.24) is 14.9 Å². The van der Waals surface area contributed by atoms with Crippen LogP contribution in [0.4, 0.5) is 0 Å². The SMILES string of the molecule is Cc1cc(C(=O)OCCNC(=O)c2ccncc2)c(C)n1-c1ccccc1. The number of nitrogens with zero attached hydrogens (tertiary/aromatic N) is 2. The summed E-state index contributed by atoms with van der Waals surface area (Å²) in [5.41, 5.74) is 3.82. The van der Waals surface area contributed by atoms with Crippen LogP contribution in [0.5, 0.6) is 0 Å². The average Bonchev–Trinajstić information content (AvgIpc) is 3.00. The predicted octanol–water partition coefficient (Wildman–Crippen LogP) is 3.08. The fourth-order valence-corrected chi connectivity index (χ4v) is 2.94. The maximum Gasteiger partial charge on any atom is 0.340 e. The Morgan fingerprint density at radius 2 is 1.78 bits per heavy atom. The summed E-state index contributed by atoms with van der Waals surface area (Å²) in [6.07, 6.45) is 3.11. The molecule has 0 saturated heterocycles. The molecule has 0 aliphatic carbocycles. The first-order chi connectivity index (χ1) is 13.1. The second kappa shape index (κ2) is 8.31. The number of aryl methyl sites for hydroxylation is 1. The number of amides is 1. The van der Waals surface area contributed by atoms with Crippen LogP contribution in [0.3, 0.4) is 0 Å². The fraction of sp³-hybridized carbons (Fsp3) is 0.190. The molecular formula is C21H21N3O3. The Balaban J connectivity index is 1.58. The van der Waals surface area contributed by atoms with Crippen LogP contribution in [-0.4, -0.2) is 34.6 Å². The van der Waals surface area contributed by atoms with Crippen molar-refractivity contribution >= 4 is 11.9 Å². The number of carbonyl (C=O) groups excluding carboxylic acids is 2. The van der Waals surface area contributed by atoms with Crippen LogP contribution in [0.1, 0.15) is 32.1 Å². The zero-order valence-corrected chi connectivity index (χ0v) is 15.3. The fourth-order valence-electron chi connectivity index (χ4n) is 2.94. The topological polar surface area (TPSA) is 73.2 Å². The van der Waals surface area contributed by atoms with E-state index >= 15 is 0 Å². The molecular weight excluding hydrogens is 342 g/mol. The lowest BCUT2D eigenvalue weighted by Crippen LogP contribution is -2.28. The first-order valence-corrected chi connectivity index (χ1v) is 8.67. The summed E-state index contributed by atoms with van der Waals surface area (Å²) < 4.78 is 7.34. The first-order valence-electron chi connectivity index (χ1n) is 8.67. The van der Waals surface area contributed by atoms with Gasteiger partial charge in [0, 0.05) is 35.0 Å². The molecule has 3 rings (SSSR count).